The first-order chi connectivity index (χ1) is 9.95. The smallest absolute Gasteiger partial charge is 0.128 e. The number of aryl methyl sites for hydroxylation is 1. The fourth-order valence-corrected chi connectivity index (χ4v) is 3.46. The van der Waals surface area contributed by atoms with Gasteiger partial charge in [0, 0.05) is 30.4 Å². The Morgan fingerprint density at radius 3 is 2.90 bits per heavy atom. The van der Waals surface area contributed by atoms with E-state index >= 15 is 0 Å². The summed E-state index contributed by atoms with van der Waals surface area (Å²) in [5.41, 5.74) is 2.57. The molecule has 2 N–H and O–H groups in total. The molecule has 0 bridgehead atoms. The van der Waals surface area contributed by atoms with E-state index in [1.165, 1.54) is 6.42 Å². The van der Waals surface area contributed by atoms with Crippen LogP contribution in [0.15, 0.2) is 6.20 Å². The molecule has 1 fully saturated rings. The highest BCUT2D eigenvalue weighted by Gasteiger charge is 2.32. The van der Waals surface area contributed by atoms with Gasteiger partial charge in [0.15, 0.2) is 0 Å². The second-order valence-electron chi connectivity index (χ2n) is 6.58. The van der Waals surface area contributed by atoms with E-state index in [4.69, 9.17) is 4.74 Å². The Balaban J connectivity index is 1.94. The van der Waals surface area contributed by atoms with Gasteiger partial charge in [0.05, 0.1) is 18.4 Å². The third-order valence-corrected chi connectivity index (χ3v) is 4.56. The van der Waals surface area contributed by atoms with Crippen molar-refractivity contribution >= 4 is 0 Å². The molecule has 1 aliphatic rings. The predicted molar refractivity (Wildman–Crippen MR) is 84.6 cm³/mol. The number of hydrogen-bond acceptors (Lipinski definition) is 4. The Bertz CT molecular complexity index is 490. The van der Waals surface area contributed by atoms with Gasteiger partial charge in [-0.25, -0.2) is 0 Å². The van der Waals surface area contributed by atoms with Crippen LogP contribution < -0.4 is 10.1 Å². The molecule has 4 heteroatoms. The fourth-order valence-electron chi connectivity index (χ4n) is 3.46. The molecular weight excluding hydrogens is 264 g/mol. The van der Waals surface area contributed by atoms with Crippen molar-refractivity contribution in [2.75, 3.05) is 13.7 Å². The van der Waals surface area contributed by atoms with Gasteiger partial charge >= 0.3 is 0 Å². The first kappa shape index (κ1) is 16.2. The second kappa shape index (κ2) is 6.75. The van der Waals surface area contributed by atoms with Gasteiger partial charge in [0.2, 0.25) is 0 Å². The number of nitrogens with zero attached hydrogens (tertiary/aromatic N) is 1. The van der Waals surface area contributed by atoms with Gasteiger partial charge in [-0.3, -0.25) is 4.98 Å². The monoisotopic (exact) mass is 292 g/mol. The van der Waals surface area contributed by atoms with E-state index in [0.717, 1.165) is 41.8 Å². The molecule has 0 saturated heterocycles. The molecule has 1 aromatic heterocycles. The summed E-state index contributed by atoms with van der Waals surface area (Å²) in [5.74, 6) is 1.52. The molecule has 1 aromatic rings. The van der Waals surface area contributed by atoms with Crippen molar-refractivity contribution in [3.05, 3.63) is 23.0 Å². The topological polar surface area (TPSA) is 54.4 Å². The highest BCUT2D eigenvalue weighted by atomic mass is 16.5. The van der Waals surface area contributed by atoms with Gasteiger partial charge in [0.1, 0.15) is 5.75 Å². The minimum absolute atomic E-state index is 0.555. The quantitative estimate of drug-likeness (QED) is 0.876. The van der Waals surface area contributed by atoms with E-state index in [9.17, 15) is 5.11 Å². The summed E-state index contributed by atoms with van der Waals surface area (Å²) in [5, 5.41) is 14.0. The van der Waals surface area contributed by atoms with Gasteiger partial charge in [0.25, 0.3) is 0 Å². The van der Waals surface area contributed by atoms with E-state index < -0.39 is 5.60 Å². The Morgan fingerprint density at radius 2 is 2.24 bits per heavy atom. The fraction of sp³-hybridized carbons (Fsp3) is 0.706. The molecule has 118 valence electrons. The van der Waals surface area contributed by atoms with Gasteiger partial charge in [-0.05, 0) is 32.6 Å². The van der Waals surface area contributed by atoms with Crippen LogP contribution in [0.4, 0.5) is 0 Å². The lowest BCUT2D eigenvalue weighted by atomic mass is 9.79. The number of aromatic nitrogens is 1. The predicted octanol–water partition coefficient (Wildman–Crippen LogP) is 2.74. The number of rotatable bonds is 5. The van der Waals surface area contributed by atoms with Gasteiger partial charge in [-0.15, -0.1) is 0 Å². The van der Waals surface area contributed by atoms with Crippen molar-refractivity contribution < 1.29 is 9.84 Å². The normalized spacial score (nSPS) is 25.9. The lowest BCUT2D eigenvalue weighted by Gasteiger charge is -2.35. The minimum atomic E-state index is -0.555. The van der Waals surface area contributed by atoms with Crippen LogP contribution in [0.1, 0.15) is 49.4 Å². The van der Waals surface area contributed by atoms with Crippen molar-refractivity contribution in [1.29, 1.82) is 0 Å². The number of ether oxygens (including phenoxy) is 1. The van der Waals surface area contributed by atoms with E-state index in [1.54, 1.807) is 7.11 Å². The summed E-state index contributed by atoms with van der Waals surface area (Å²) in [6.45, 7) is 7.56. The minimum Gasteiger partial charge on any atom is -0.496 e. The molecule has 21 heavy (non-hydrogen) atoms. The third kappa shape index (κ3) is 3.95. The average Bonchev–Trinajstić information content (AvgIpc) is 2.41. The Labute approximate surface area is 127 Å². The summed E-state index contributed by atoms with van der Waals surface area (Å²) in [6.07, 6.45) is 5.99. The number of aliphatic hydroxyl groups is 1. The Kier molecular flexibility index (Phi) is 5.22. The van der Waals surface area contributed by atoms with Crippen molar-refractivity contribution in [1.82, 2.24) is 10.3 Å². The SMILES string of the molecule is COc1c(C)cnc(CNCC2(O)CCCC(C)C2)c1C. The molecule has 1 heterocycles. The molecule has 4 nitrogen and oxygen atoms in total. The number of pyridine rings is 1. The highest BCUT2D eigenvalue weighted by molar-refractivity contribution is 5.40. The zero-order valence-electron chi connectivity index (χ0n) is 13.7. The van der Waals surface area contributed by atoms with Crippen LogP contribution in [0.3, 0.4) is 0 Å². The highest BCUT2D eigenvalue weighted by Crippen LogP contribution is 2.31. The van der Waals surface area contributed by atoms with Crippen molar-refractivity contribution in [3.8, 4) is 5.75 Å². The van der Waals surface area contributed by atoms with Crippen LogP contribution in [0.2, 0.25) is 0 Å². The van der Waals surface area contributed by atoms with Crippen molar-refractivity contribution in [2.45, 2.75) is 58.6 Å². The molecule has 0 aromatic carbocycles. The molecule has 2 unspecified atom stereocenters. The number of methoxy groups -OCH3 is 1. The lowest BCUT2D eigenvalue weighted by molar-refractivity contribution is -0.0119. The molecule has 0 spiro atoms. The van der Waals surface area contributed by atoms with E-state index in [2.05, 4.69) is 17.2 Å². The molecule has 0 aliphatic heterocycles. The lowest BCUT2D eigenvalue weighted by Crippen LogP contribution is -2.43. The maximum absolute atomic E-state index is 10.6. The van der Waals surface area contributed by atoms with Crippen LogP contribution >= 0.6 is 0 Å². The van der Waals surface area contributed by atoms with Crippen LogP contribution in [0, 0.1) is 19.8 Å². The first-order valence-electron chi connectivity index (χ1n) is 7.87. The van der Waals surface area contributed by atoms with Crippen LogP contribution in [0.25, 0.3) is 0 Å². The van der Waals surface area contributed by atoms with Gasteiger partial charge < -0.3 is 15.2 Å². The third-order valence-electron chi connectivity index (χ3n) is 4.56. The molecule has 2 atom stereocenters. The van der Waals surface area contributed by atoms with E-state index in [0.29, 0.717) is 19.0 Å². The largest absolute Gasteiger partial charge is 0.496 e. The van der Waals surface area contributed by atoms with Crippen molar-refractivity contribution in [2.24, 2.45) is 5.92 Å². The van der Waals surface area contributed by atoms with Crippen LogP contribution in [-0.4, -0.2) is 29.3 Å². The zero-order chi connectivity index (χ0) is 15.5. The Morgan fingerprint density at radius 1 is 1.48 bits per heavy atom. The zero-order valence-corrected chi connectivity index (χ0v) is 13.7. The molecule has 0 amide bonds. The average molecular weight is 292 g/mol. The van der Waals surface area contributed by atoms with Crippen LogP contribution in [-0.2, 0) is 6.54 Å². The van der Waals surface area contributed by atoms with Crippen LogP contribution in [0.5, 0.6) is 5.75 Å². The molecule has 2 rings (SSSR count). The van der Waals surface area contributed by atoms with E-state index in [-0.39, 0.29) is 0 Å². The second-order valence-corrected chi connectivity index (χ2v) is 6.58. The summed E-state index contributed by atoms with van der Waals surface area (Å²) in [4.78, 5) is 4.48. The van der Waals surface area contributed by atoms with Gasteiger partial charge in [-0.2, -0.15) is 0 Å². The summed E-state index contributed by atoms with van der Waals surface area (Å²) in [6, 6.07) is 0. The van der Waals surface area contributed by atoms with E-state index in [1.807, 2.05) is 20.0 Å². The molecular formula is C17H28N2O2. The standard InChI is InChI=1S/C17H28N2O2/c1-12-6-5-7-17(20,8-12)11-18-10-15-14(3)16(21-4)13(2)9-19-15/h9,12,18,20H,5-8,10-11H2,1-4H3. The number of nitrogens with one attached hydrogen (secondary N) is 1. The van der Waals surface area contributed by atoms with Gasteiger partial charge in [-0.1, -0.05) is 19.8 Å². The first-order valence-corrected chi connectivity index (χ1v) is 7.87. The maximum Gasteiger partial charge on any atom is 0.128 e. The number of hydrogen-bond donors (Lipinski definition) is 2. The summed E-state index contributed by atoms with van der Waals surface area (Å²) >= 11 is 0. The molecule has 1 saturated carbocycles. The van der Waals surface area contributed by atoms with Crippen molar-refractivity contribution in [3.63, 3.8) is 0 Å². The summed E-state index contributed by atoms with van der Waals surface area (Å²) < 4.78 is 5.43. The Hall–Kier alpha value is -1.13. The molecule has 1 aliphatic carbocycles. The maximum atomic E-state index is 10.6. The molecule has 0 radical (unpaired) electrons. The summed E-state index contributed by atoms with van der Waals surface area (Å²) in [7, 11) is 1.69.